The third kappa shape index (κ3) is 3.65. The van der Waals surface area contributed by atoms with Gasteiger partial charge in [0.2, 0.25) is 0 Å². The van der Waals surface area contributed by atoms with Crippen LogP contribution in [0.1, 0.15) is 36.6 Å². The van der Waals surface area contributed by atoms with E-state index in [0.717, 1.165) is 61.9 Å². The number of aryl methyl sites for hydroxylation is 1. The molecule has 5 heteroatoms. The Labute approximate surface area is 178 Å². The molecule has 1 saturated heterocycles. The third-order valence-corrected chi connectivity index (χ3v) is 5.92. The first-order chi connectivity index (χ1) is 14.7. The van der Waals surface area contributed by atoms with Crippen molar-refractivity contribution in [1.82, 2.24) is 14.8 Å². The van der Waals surface area contributed by atoms with Gasteiger partial charge in [0.05, 0.1) is 24.6 Å². The standard InChI is InChI=1S/C25H28N4O/c1-3-5-19-15-21-23(16-19)26-25(17-24(21)28-10-12-30-13-11-28)29-9-8-22(27-29)20-7-4-6-18(2)14-20/h4,6-9,14,16-17H,3,5,10-13,15H2,1-2H3. The van der Waals surface area contributed by atoms with Crippen LogP contribution in [0.15, 0.2) is 48.2 Å². The highest BCUT2D eigenvalue weighted by Crippen LogP contribution is 2.35. The number of hydrogen-bond acceptors (Lipinski definition) is 4. The fourth-order valence-corrected chi connectivity index (χ4v) is 4.43. The monoisotopic (exact) mass is 400 g/mol. The van der Waals surface area contributed by atoms with Crippen LogP contribution in [0.4, 0.5) is 5.69 Å². The summed E-state index contributed by atoms with van der Waals surface area (Å²) in [7, 11) is 0. The summed E-state index contributed by atoms with van der Waals surface area (Å²) >= 11 is 0. The first-order valence-electron chi connectivity index (χ1n) is 10.9. The van der Waals surface area contributed by atoms with Crippen LogP contribution in [0.5, 0.6) is 0 Å². The quantitative estimate of drug-likeness (QED) is 0.616. The zero-order chi connectivity index (χ0) is 20.5. The molecule has 3 heterocycles. The molecule has 2 aliphatic rings. The predicted octanol–water partition coefficient (Wildman–Crippen LogP) is 4.82. The molecule has 5 rings (SSSR count). The minimum absolute atomic E-state index is 0.779. The molecule has 30 heavy (non-hydrogen) atoms. The molecule has 154 valence electrons. The lowest BCUT2D eigenvalue weighted by Crippen LogP contribution is -2.37. The van der Waals surface area contributed by atoms with E-state index in [0.29, 0.717) is 0 Å². The smallest absolute Gasteiger partial charge is 0.156 e. The molecule has 0 N–H and O–H groups in total. The lowest BCUT2D eigenvalue weighted by atomic mass is 10.1. The first-order valence-corrected chi connectivity index (χ1v) is 10.9. The van der Waals surface area contributed by atoms with Crippen LogP contribution in [0.3, 0.4) is 0 Å². The molecule has 0 bridgehead atoms. The Morgan fingerprint density at radius 3 is 2.77 bits per heavy atom. The number of hydrogen-bond donors (Lipinski definition) is 0. The second-order valence-corrected chi connectivity index (χ2v) is 8.21. The summed E-state index contributed by atoms with van der Waals surface area (Å²) in [5.41, 5.74) is 8.56. The van der Waals surface area contributed by atoms with Gasteiger partial charge in [-0.25, -0.2) is 9.67 Å². The molecule has 3 aromatic rings. The number of aromatic nitrogens is 3. The van der Waals surface area contributed by atoms with E-state index in [4.69, 9.17) is 14.8 Å². The molecule has 1 aliphatic carbocycles. The molecule has 0 unspecified atom stereocenters. The maximum Gasteiger partial charge on any atom is 0.156 e. The molecule has 0 radical (unpaired) electrons. The fourth-order valence-electron chi connectivity index (χ4n) is 4.43. The second-order valence-electron chi connectivity index (χ2n) is 8.21. The van der Waals surface area contributed by atoms with Gasteiger partial charge >= 0.3 is 0 Å². The fraction of sp³-hybridized carbons (Fsp3) is 0.360. The Morgan fingerprint density at radius 2 is 1.97 bits per heavy atom. The predicted molar refractivity (Wildman–Crippen MR) is 121 cm³/mol. The molecular weight excluding hydrogens is 372 g/mol. The van der Waals surface area contributed by atoms with Crippen LogP contribution < -0.4 is 4.90 Å². The van der Waals surface area contributed by atoms with Crippen molar-refractivity contribution in [2.45, 2.75) is 33.1 Å². The number of nitrogens with zero attached hydrogens (tertiary/aromatic N) is 4. The van der Waals surface area contributed by atoms with Gasteiger partial charge in [-0.3, -0.25) is 0 Å². The van der Waals surface area contributed by atoms with E-state index in [1.54, 1.807) is 0 Å². The van der Waals surface area contributed by atoms with Crippen LogP contribution in [-0.4, -0.2) is 41.1 Å². The Bertz CT molecular complexity index is 1090. The lowest BCUT2D eigenvalue weighted by Gasteiger charge is -2.31. The molecule has 2 aromatic heterocycles. The highest BCUT2D eigenvalue weighted by atomic mass is 16.5. The summed E-state index contributed by atoms with van der Waals surface area (Å²) in [5, 5.41) is 4.85. The molecule has 0 spiro atoms. The summed E-state index contributed by atoms with van der Waals surface area (Å²) in [4.78, 5) is 7.45. The minimum atomic E-state index is 0.779. The van der Waals surface area contributed by atoms with E-state index in [2.05, 4.69) is 61.2 Å². The van der Waals surface area contributed by atoms with Crippen molar-refractivity contribution in [3.63, 3.8) is 0 Å². The zero-order valence-electron chi connectivity index (χ0n) is 17.8. The van der Waals surface area contributed by atoms with E-state index in [-0.39, 0.29) is 0 Å². The van der Waals surface area contributed by atoms with E-state index in [1.807, 2.05) is 10.9 Å². The van der Waals surface area contributed by atoms with Crippen LogP contribution in [0.25, 0.3) is 23.2 Å². The Hall–Kier alpha value is -2.92. The number of allylic oxidation sites excluding steroid dienone is 1. The Kier molecular flexibility index (Phi) is 5.13. The number of benzene rings is 1. The first kappa shape index (κ1) is 19.1. The van der Waals surface area contributed by atoms with E-state index in [9.17, 15) is 0 Å². The van der Waals surface area contributed by atoms with Gasteiger partial charge in [0, 0.05) is 42.2 Å². The van der Waals surface area contributed by atoms with Crippen molar-refractivity contribution in [2.24, 2.45) is 0 Å². The summed E-state index contributed by atoms with van der Waals surface area (Å²) in [6, 6.07) is 12.7. The van der Waals surface area contributed by atoms with Crippen LogP contribution in [0.2, 0.25) is 0 Å². The Morgan fingerprint density at radius 1 is 1.10 bits per heavy atom. The highest BCUT2D eigenvalue weighted by molar-refractivity contribution is 5.72. The molecular formula is C25H28N4O. The highest BCUT2D eigenvalue weighted by Gasteiger charge is 2.24. The largest absolute Gasteiger partial charge is 0.378 e. The van der Waals surface area contributed by atoms with Crippen molar-refractivity contribution in [2.75, 3.05) is 31.2 Å². The van der Waals surface area contributed by atoms with Gasteiger partial charge in [-0.2, -0.15) is 5.10 Å². The van der Waals surface area contributed by atoms with Gasteiger partial charge in [0.15, 0.2) is 5.82 Å². The zero-order valence-corrected chi connectivity index (χ0v) is 17.8. The number of rotatable bonds is 5. The van der Waals surface area contributed by atoms with Gasteiger partial charge < -0.3 is 9.64 Å². The van der Waals surface area contributed by atoms with Gasteiger partial charge in [-0.1, -0.05) is 42.7 Å². The van der Waals surface area contributed by atoms with Crippen LogP contribution >= 0.6 is 0 Å². The maximum absolute atomic E-state index is 5.59. The number of anilines is 1. The van der Waals surface area contributed by atoms with Crippen molar-refractivity contribution >= 4 is 11.8 Å². The number of ether oxygens (including phenoxy) is 1. The van der Waals surface area contributed by atoms with Gasteiger partial charge in [0.25, 0.3) is 0 Å². The van der Waals surface area contributed by atoms with Gasteiger partial charge in [-0.15, -0.1) is 0 Å². The summed E-state index contributed by atoms with van der Waals surface area (Å²) in [6.45, 7) is 7.75. The van der Waals surface area contributed by atoms with E-state index < -0.39 is 0 Å². The third-order valence-electron chi connectivity index (χ3n) is 5.92. The average molecular weight is 401 g/mol. The molecule has 1 aromatic carbocycles. The average Bonchev–Trinajstić information content (AvgIpc) is 3.41. The van der Waals surface area contributed by atoms with Crippen LogP contribution in [0, 0.1) is 6.92 Å². The Balaban J connectivity index is 1.55. The van der Waals surface area contributed by atoms with E-state index in [1.165, 1.54) is 28.8 Å². The van der Waals surface area contributed by atoms with Crippen LogP contribution in [-0.2, 0) is 11.2 Å². The molecule has 0 atom stereocenters. The summed E-state index contributed by atoms with van der Waals surface area (Å²) in [5.74, 6) is 0.878. The number of morpholine rings is 1. The second kappa shape index (κ2) is 8.07. The van der Waals surface area contributed by atoms with Gasteiger partial charge in [0.1, 0.15) is 0 Å². The summed E-state index contributed by atoms with van der Waals surface area (Å²) < 4.78 is 7.50. The topological polar surface area (TPSA) is 43.2 Å². The van der Waals surface area contributed by atoms with E-state index >= 15 is 0 Å². The molecule has 5 nitrogen and oxygen atoms in total. The number of pyridine rings is 1. The maximum atomic E-state index is 5.59. The molecule has 0 amide bonds. The van der Waals surface area contributed by atoms with Crippen molar-refractivity contribution < 1.29 is 4.74 Å². The normalized spacial score (nSPS) is 15.9. The molecule has 1 fully saturated rings. The summed E-state index contributed by atoms with van der Waals surface area (Å²) in [6.07, 6.45) is 7.61. The molecule has 0 saturated carbocycles. The van der Waals surface area contributed by atoms with Crippen molar-refractivity contribution in [3.8, 4) is 17.1 Å². The molecule has 1 aliphatic heterocycles. The lowest BCUT2D eigenvalue weighted by molar-refractivity contribution is 0.122. The SMILES string of the molecule is CCCC1=Cc2nc(-n3ccc(-c4cccc(C)c4)n3)cc(N3CCOCC3)c2C1. The minimum Gasteiger partial charge on any atom is -0.378 e. The van der Waals surface area contributed by atoms with Crippen molar-refractivity contribution in [1.29, 1.82) is 0 Å². The van der Waals surface area contributed by atoms with Gasteiger partial charge in [-0.05, 0) is 38.0 Å². The number of fused-ring (bicyclic) bond motifs is 1. The van der Waals surface area contributed by atoms with Crippen molar-refractivity contribution in [3.05, 3.63) is 65.0 Å².